The number of phosphoric acid groups is 2. The number of hydrogen-bond acceptors (Lipinski definition) is 15. The summed E-state index contributed by atoms with van der Waals surface area (Å²) in [6.07, 6.45) is 69.7. The summed E-state index contributed by atoms with van der Waals surface area (Å²) in [5.74, 6) is -2.49. The Morgan fingerprint density at radius 1 is 0.326 bits per heavy atom. The van der Waals surface area contributed by atoms with E-state index in [-0.39, 0.29) is 25.7 Å². The van der Waals surface area contributed by atoms with Crippen LogP contribution in [0.3, 0.4) is 0 Å². The Balaban J connectivity index is 5.45. The number of unbranched alkanes of at least 4 members (excludes halogenated alkanes) is 17. The van der Waals surface area contributed by atoms with Crippen LogP contribution in [0.4, 0.5) is 0 Å². The minimum Gasteiger partial charge on any atom is -0.461 e. The van der Waals surface area contributed by atoms with E-state index < -0.39 is 97.5 Å². The van der Waals surface area contributed by atoms with E-state index in [4.69, 9.17) is 37.0 Å². The molecule has 0 fully saturated rings. The van der Waals surface area contributed by atoms with Crippen LogP contribution in [-0.4, -0.2) is 96.7 Å². The lowest BCUT2D eigenvalue weighted by Crippen LogP contribution is -2.30. The fraction of sp³-hybridized carbons (Fsp3) is 0.644. The van der Waals surface area contributed by atoms with Crippen molar-refractivity contribution in [1.82, 2.24) is 0 Å². The fourth-order valence-electron chi connectivity index (χ4n) is 8.46. The van der Waals surface area contributed by atoms with Gasteiger partial charge in [0, 0.05) is 12.8 Å². The molecule has 0 aromatic carbocycles. The maximum atomic E-state index is 13.0. The molecule has 92 heavy (non-hydrogen) atoms. The van der Waals surface area contributed by atoms with E-state index in [0.717, 1.165) is 122 Å². The third-order valence-electron chi connectivity index (χ3n) is 13.7. The van der Waals surface area contributed by atoms with Gasteiger partial charge in [-0.2, -0.15) is 0 Å². The van der Waals surface area contributed by atoms with Crippen molar-refractivity contribution < 1.29 is 80.2 Å². The molecule has 0 saturated carbocycles. The van der Waals surface area contributed by atoms with Crippen molar-refractivity contribution >= 4 is 39.5 Å². The maximum Gasteiger partial charge on any atom is 0.472 e. The Morgan fingerprint density at radius 2 is 0.609 bits per heavy atom. The zero-order chi connectivity index (χ0) is 67.5. The van der Waals surface area contributed by atoms with Gasteiger partial charge in [-0.3, -0.25) is 37.3 Å². The van der Waals surface area contributed by atoms with Crippen LogP contribution in [0.15, 0.2) is 134 Å². The van der Waals surface area contributed by atoms with Gasteiger partial charge in [-0.05, 0) is 96.3 Å². The number of aliphatic hydroxyl groups is 1. The zero-order valence-corrected chi connectivity index (χ0v) is 58.5. The second kappa shape index (κ2) is 64.9. The molecule has 524 valence electrons. The number of allylic oxidation sites excluding steroid dienone is 20. The first-order valence-corrected chi connectivity index (χ1v) is 37.4. The molecule has 0 aliphatic rings. The van der Waals surface area contributed by atoms with E-state index in [0.29, 0.717) is 25.7 Å². The number of aliphatic hydroxyl groups excluding tert-OH is 1. The highest BCUT2D eigenvalue weighted by Crippen LogP contribution is 2.45. The molecule has 0 heterocycles. The molecular formula is C73H120O17P2. The summed E-state index contributed by atoms with van der Waals surface area (Å²) in [6.45, 7) is 4.31. The molecular weight excluding hydrogens is 1210 g/mol. The molecule has 0 radical (unpaired) electrons. The third-order valence-corrected chi connectivity index (χ3v) is 15.6. The van der Waals surface area contributed by atoms with E-state index >= 15 is 0 Å². The van der Waals surface area contributed by atoms with Gasteiger partial charge in [-0.25, -0.2) is 9.13 Å². The lowest BCUT2D eigenvalue weighted by atomic mass is 10.1. The van der Waals surface area contributed by atoms with Gasteiger partial charge in [-0.1, -0.05) is 258 Å². The summed E-state index contributed by atoms with van der Waals surface area (Å²) in [7, 11) is -9.99. The molecule has 0 spiro atoms. The van der Waals surface area contributed by atoms with Crippen LogP contribution in [0.1, 0.15) is 246 Å². The van der Waals surface area contributed by atoms with Crippen LogP contribution < -0.4 is 0 Å². The van der Waals surface area contributed by atoms with Gasteiger partial charge in [0.05, 0.1) is 39.3 Å². The third kappa shape index (κ3) is 63.9. The normalized spacial score (nSPS) is 14.9. The van der Waals surface area contributed by atoms with Crippen LogP contribution >= 0.6 is 15.6 Å². The molecule has 0 aromatic rings. The molecule has 19 heteroatoms. The minimum absolute atomic E-state index is 0.0600. The topological polar surface area (TPSA) is 237 Å². The van der Waals surface area contributed by atoms with Gasteiger partial charge in [0.2, 0.25) is 0 Å². The van der Waals surface area contributed by atoms with Crippen molar-refractivity contribution in [2.45, 2.75) is 264 Å². The molecule has 0 aliphatic heterocycles. The minimum atomic E-state index is -4.99. The van der Waals surface area contributed by atoms with Crippen LogP contribution in [0, 0.1) is 0 Å². The van der Waals surface area contributed by atoms with Gasteiger partial charge < -0.3 is 33.8 Å². The van der Waals surface area contributed by atoms with E-state index in [1.165, 1.54) is 44.9 Å². The molecule has 3 N–H and O–H groups in total. The first-order valence-electron chi connectivity index (χ1n) is 34.4. The van der Waals surface area contributed by atoms with Crippen LogP contribution in [-0.2, 0) is 65.4 Å². The number of phosphoric ester groups is 2. The number of hydrogen-bond donors (Lipinski definition) is 3. The zero-order valence-electron chi connectivity index (χ0n) is 56.7. The SMILES string of the molecule is CC/C=C\C/C=C\C/C=C\C/C=C\C/C=C\CC(=O)OCC(COP(=O)(O)OCC(O)COP(=O)(O)OCC(COC(=O)C/C=C\C/C=C\C/C=C\C/C=C\C/C=C\CC)OC(=O)CCCCCCCCCCCCC)OC(=O)CCCCCCC/C=C\CCCC. The largest absolute Gasteiger partial charge is 0.472 e. The average Bonchev–Trinajstić information content (AvgIpc) is 2.55. The summed E-state index contributed by atoms with van der Waals surface area (Å²) in [5, 5.41) is 10.6. The number of esters is 4. The van der Waals surface area contributed by atoms with Crippen LogP contribution in [0.5, 0.6) is 0 Å². The number of ether oxygens (including phenoxy) is 4. The Hall–Kier alpha value is -4.80. The summed E-state index contributed by atoms with van der Waals surface area (Å²) in [6, 6.07) is 0. The quantitative estimate of drug-likeness (QED) is 0.0169. The molecule has 0 amide bonds. The predicted molar refractivity (Wildman–Crippen MR) is 371 cm³/mol. The van der Waals surface area contributed by atoms with Crippen molar-refractivity contribution in [3.8, 4) is 0 Å². The van der Waals surface area contributed by atoms with Crippen molar-refractivity contribution in [3.05, 3.63) is 134 Å². The first kappa shape index (κ1) is 87.2. The highest BCUT2D eigenvalue weighted by molar-refractivity contribution is 7.47. The van der Waals surface area contributed by atoms with Crippen molar-refractivity contribution in [2.75, 3.05) is 39.6 Å². The van der Waals surface area contributed by atoms with Gasteiger partial charge >= 0.3 is 39.5 Å². The average molecular weight is 1330 g/mol. The summed E-state index contributed by atoms with van der Waals surface area (Å²) in [5.41, 5.74) is 0. The molecule has 0 saturated heterocycles. The molecule has 0 bridgehead atoms. The summed E-state index contributed by atoms with van der Waals surface area (Å²) >= 11 is 0. The van der Waals surface area contributed by atoms with Gasteiger partial charge in [-0.15, -0.1) is 0 Å². The predicted octanol–water partition coefficient (Wildman–Crippen LogP) is 19.0. The number of carbonyl (C=O) groups is 4. The van der Waals surface area contributed by atoms with Crippen molar-refractivity contribution in [3.63, 3.8) is 0 Å². The molecule has 5 atom stereocenters. The van der Waals surface area contributed by atoms with Crippen molar-refractivity contribution in [2.24, 2.45) is 0 Å². The molecule has 0 aromatic heterocycles. The van der Waals surface area contributed by atoms with E-state index in [1.54, 1.807) is 12.2 Å². The van der Waals surface area contributed by atoms with E-state index in [9.17, 15) is 43.2 Å². The molecule has 0 rings (SSSR count). The Labute approximate surface area is 554 Å². The standard InChI is InChI=1S/C73H120O17P2/c1-5-9-13-17-21-25-29-31-33-35-39-41-45-49-53-57-70(75)83-63-68(89-72(77)59-55-51-47-43-37-27-23-19-15-11-7-3)65-87-91(79,80)85-61-67(74)62-86-92(81,82)88-66-69(90-73(78)60-56-52-48-44-38-28-24-20-16-12-8-4)64-84-71(76)58-54-50-46-42-40-36-34-32-30-26-22-18-14-10-6-2/h9-10,13-14,19,21-23,25-26,31-34,39-42,49-50,53-54,67-69,74H,5-8,11-12,15-18,20,24,27-30,35-38,43-48,51-52,55-66H2,1-4H3,(H,79,80)(H,81,82)/b13-9-,14-10-,23-19-,25-21-,26-22-,33-31-,34-32-,41-39-,42-40-,53-49-,54-50-. The second-order valence-corrected chi connectivity index (χ2v) is 25.3. The Bertz CT molecular complexity index is 2280. The first-order chi connectivity index (χ1) is 44.7. The van der Waals surface area contributed by atoms with E-state index in [2.05, 4.69) is 113 Å². The van der Waals surface area contributed by atoms with Gasteiger partial charge in [0.1, 0.15) is 19.3 Å². The number of rotatable bonds is 63. The molecule has 17 nitrogen and oxygen atoms in total. The molecule has 5 unspecified atom stereocenters. The lowest BCUT2D eigenvalue weighted by Gasteiger charge is -2.21. The monoisotopic (exact) mass is 1330 g/mol. The number of carbonyl (C=O) groups excluding carboxylic acids is 4. The highest BCUT2D eigenvalue weighted by Gasteiger charge is 2.30. The summed E-state index contributed by atoms with van der Waals surface area (Å²) < 4.78 is 67.9. The smallest absolute Gasteiger partial charge is 0.461 e. The van der Waals surface area contributed by atoms with Gasteiger partial charge in [0.15, 0.2) is 12.2 Å². The van der Waals surface area contributed by atoms with Gasteiger partial charge in [0.25, 0.3) is 0 Å². The Morgan fingerprint density at radius 3 is 0.946 bits per heavy atom. The highest BCUT2D eigenvalue weighted by atomic mass is 31.2. The van der Waals surface area contributed by atoms with Crippen LogP contribution in [0.25, 0.3) is 0 Å². The van der Waals surface area contributed by atoms with E-state index in [1.807, 2.05) is 36.5 Å². The second-order valence-electron chi connectivity index (χ2n) is 22.4. The lowest BCUT2D eigenvalue weighted by molar-refractivity contribution is -0.161. The summed E-state index contributed by atoms with van der Waals surface area (Å²) in [4.78, 5) is 72.3. The van der Waals surface area contributed by atoms with Crippen LogP contribution in [0.2, 0.25) is 0 Å². The Kier molecular flexibility index (Phi) is 61.5. The fourth-order valence-corrected chi connectivity index (χ4v) is 10.0. The van der Waals surface area contributed by atoms with Crippen molar-refractivity contribution in [1.29, 1.82) is 0 Å². The maximum absolute atomic E-state index is 13.0. The molecule has 0 aliphatic carbocycles.